The maximum atomic E-state index is 12.9. The highest BCUT2D eigenvalue weighted by molar-refractivity contribution is 6.35. The van der Waals surface area contributed by atoms with Crippen molar-refractivity contribution >= 4 is 22.7 Å². The number of aliphatic hydroxyl groups excluding tert-OH is 1. The number of rotatable bonds is 5. The van der Waals surface area contributed by atoms with Crippen LogP contribution in [0.1, 0.15) is 17.2 Å². The Kier molecular flexibility index (Phi) is 5.52. The van der Waals surface area contributed by atoms with Gasteiger partial charge in [-0.2, -0.15) is 0 Å². The van der Waals surface area contributed by atoms with Gasteiger partial charge in [-0.1, -0.05) is 30.3 Å². The van der Waals surface area contributed by atoms with Crippen molar-refractivity contribution in [1.29, 1.82) is 0 Å². The first-order valence-electron chi connectivity index (χ1n) is 8.48. The molecule has 1 aromatic heterocycles. The number of benzene rings is 2. The van der Waals surface area contributed by atoms with E-state index in [9.17, 15) is 19.1 Å². The van der Waals surface area contributed by atoms with Crippen LogP contribution in [0.25, 0.3) is 10.9 Å². The van der Waals surface area contributed by atoms with E-state index >= 15 is 0 Å². The first-order valence-corrected chi connectivity index (χ1v) is 8.48. The number of nitrogens with zero attached hydrogens (tertiary/aromatic N) is 1. The number of carbonyl (C=O) groups is 2. The lowest BCUT2D eigenvalue weighted by atomic mass is 10.1. The Balaban J connectivity index is 1.54. The number of fused-ring (bicyclic) bond motifs is 1. The number of para-hydroxylation sites is 1. The van der Waals surface area contributed by atoms with Crippen LogP contribution >= 0.6 is 0 Å². The fourth-order valence-electron chi connectivity index (χ4n) is 2.88. The molecule has 0 fully saturated rings. The fourth-order valence-corrected chi connectivity index (χ4v) is 2.88. The van der Waals surface area contributed by atoms with Gasteiger partial charge in [0.15, 0.2) is 0 Å². The Bertz CT molecular complexity index is 966. The molecule has 3 N–H and O–H groups in total. The Morgan fingerprint density at radius 1 is 1.07 bits per heavy atom. The average Bonchev–Trinajstić information content (AvgIpc) is 3.02. The summed E-state index contributed by atoms with van der Waals surface area (Å²) in [4.78, 5) is 23.8. The Labute approximate surface area is 155 Å². The number of hydrogen-bond donors (Lipinski definition) is 3. The van der Waals surface area contributed by atoms with E-state index in [2.05, 4.69) is 10.6 Å². The largest absolute Gasteiger partial charge is 0.386 e. The zero-order valence-corrected chi connectivity index (χ0v) is 14.8. The number of aryl methyl sites for hydroxylation is 1. The molecule has 0 aliphatic rings. The maximum absolute atomic E-state index is 12.9. The molecule has 0 aliphatic carbocycles. The monoisotopic (exact) mass is 369 g/mol. The van der Waals surface area contributed by atoms with Crippen LogP contribution in [0.15, 0.2) is 54.7 Å². The van der Waals surface area contributed by atoms with E-state index in [-0.39, 0.29) is 18.9 Å². The van der Waals surface area contributed by atoms with Gasteiger partial charge in [-0.3, -0.25) is 9.59 Å². The number of aromatic nitrogens is 1. The quantitative estimate of drug-likeness (QED) is 0.600. The van der Waals surface area contributed by atoms with Crippen molar-refractivity contribution in [3.05, 3.63) is 71.7 Å². The van der Waals surface area contributed by atoms with Gasteiger partial charge in [0.1, 0.15) is 5.82 Å². The van der Waals surface area contributed by atoms with Gasteiger partial charge in [0.2, 0.25) is 0 Å². The molecule has 0 spiro atoms. The minimum atomic E-state index is -0.940. The SMILES string of the molecule is Cn1cc([C@@H](O)CNC(=O)C(=O)NCc2ccc(F)cc2)c2ccccc21. The first-order chi connectivity index (χ1) is 13.0. The zero-order chi connectivity index (χ0) is 19.4. The van der Waals surface area contributed by atoms with E-state index in [0.717, 1.165) is 10.9 Å². The van der Waals surface area contributed by atoms with Crippen LogP contribution in [0.5, 0.6) is 0 Å². The molecule has 0 unspecified atom stereocenters. The normalized spacial score (nSPS) is 12.0. The second kappa shape index (κ2) is 8.01. The summed E-state index contributed by atoms with van der Waals surface area (Å²) in [7, 11) is 1.88. The minimum Gasteiger partial charge on any atom is -0.386 e. The van der Waals surface area contributed by atoms with Crippen molar-refractivity contribution in [3.63, 3.8) is 0 Å². The van der Waals surface area contributed by atoms with Gasteiger partial charge in [0.05, 0.1) is 6.10 Å². The van der Waals surface area contributed by atoms with Gasteiger partial charge in [-0.15, -0.1) is 0 Å². The summed E-state index contributed by atoms with van der Waals surface area (Å²) in [6.07, 6.45) is 0.862. The van der Waals surface area contributed by atoms with Crippen LogP contribution in [0.2, 0.25) is 0 Å². The molecule has 27 heavy (non-hydrogen) atoms. The predicted octanol–water partition coefficient (Wildman–Crippen LogP) is 1.78. The molecular weight excluding hydrogens is 349 g/mol. The van der Waals surface area contributed by atoms with Crippen molar-refractivity contribution < 1.29 is 19.1 Å². The van der Waals surface area contributed by atoms with Crippen LogP contribution in [0.4, 0.5) is 4.39 Å². The third kappa shape index (κ3) is 4.32. The lowest BCUT2D eigenvalue weighted by Gasteiger charge is -2.11. The van der Waals surface area contributed by atoms with Crippen molar-refractivity contribution in [1.82, 2.24) is 15.2 Å². The molecule has 1 heterocycles. The second-order valence-corrected chi connectivity index (χ2v) is 6.25. The second-order valence-electron chi connectivity index (χ2n) is 6.25. The molecule has 3 rings (SSSR count). The third-order valence-electron chi connectivity index (χ3n) is 4.32. The van der Waals surface area contributed by atoms with Crippen molar-refractivity contribution in [2.45, 2.75) is 12.6 Å². The smallest absolute Gasteiger partial charge is 0.309 e. The summed E-state index contributed by atoms with van der Waals surface area (Å²) >= 11 is 0. The molecule has 7 heteroatoms. The van der Waals surface area contributed by atoms with E-state index in [1.165, 1.54) is 24.3 Å². The summed E-state index contributed by atoms with van der Waals surface area (Å²) in [5.74, 6) is -2.02. The van der Waals surface area contributed by atoms with E-state index in [0.29, 0.717) is 11.1 Å². The zero-order valence-electron chi connectivity index (χ0n) is 14.8. The van der Waals surface area contributed by atoms with Gasteiger partial charge >= 0.3 is 11.8 Å². The molecule has 0 bridgehead atoms. The summed E-state index contributed by atoms with van der Waals surface area (Å²) in [5.41, 5.74) is 2.32. The Morgan fingerprint density at radius 3 is 2.48 bits per heavy atom. The van der Waals surface area contributed by atoms with Gasteiger partial charge in [-0.05, 0) is 23.8 Å². The molecule has 140 valence electrons. The molecule has 0 aliphatic heterocycles. The molecule has 1 atom stereocenters. The van der Waals surface area contributed by atoms with E-state index in [1.54, 1.807) is 6.20 Å². The highest BCUT2D eigenvalue weighted by Crippen LogP contribution is 2.25. The molecule has 0 saturated carbocycles. The highest BCUT2D eigenvalue weighted by atomic mass is 19.1. The van der Waals surface area contributed by atoms with Crippen LogP contribution in [-0.2, 0) is 23.2 Å². The molecule has 2 amide bonds. The molecular formula is C20H20FN3O3. The number of hydrogen-bond acceptors (Lipinski definition) is 3. The minimum absolute atomic E-state index is 0.0865. The average molecular weight is 369 g/mol. The highest BCUT2D eigenvalue weighted by Gasteiger charge is 2.18. The summed E-state index contributed by atoms with van der Waals surface area (Å²) in [5, 5.41) is 16.2. The number of halogens is 1. The maximum Gasteiger partial charge on any atom is 0.309 e. The summed E-state index contributed by atoms with van der Waals surface area (Å²) < 4.78 is 14.7. The lowest BCUT2D eigenvalue weighted by Crippen LogP contribution is -2.41. The van der Waals surface area contributed by atoms with Gasteiger partial charge in [-0.25, -0.2) is 4.39 Å². The summed E-state index contributed by atoms with van der Waals surface area (Å²) in [6, 6.07) is 13.2. The van der Waals surface area contributed by atoms with Crippen molar-refractivity contribution in [3.8, 4) is 0 Å². The molecule has 6 nitrogen and oxygen atoms in total. The summed E-state index contributed by atoms with van der Waals surface area (Å²) in [6.45, 7) is 0.0230. The van der Waals surface area contributed by atoms with Crippen molar-refractivity contribution in [2.75, 3.05) is 6.54 Å². The van der Waals surface area contributed by atoms with Gasteiger partial charge in [0.25, 0.3) is 0 Å². The molecule has 0 saturated heterocycles. The van der Waals surface area contributed by atoms with Gasteiger partial charge < -0.3 is 20.3 Å². The number of nitrogens with one attached hydrogen (secondary N) is 2. The number of aliphatic hydroxyl groups is 1. The van der Waals surface area contributed by atoms with Gasteiger partial charge in [0, 0.05) is 42.8 Å². The number of carbonyl (C=O) groups excluding carboxylic acids is 2. The molecule has 0 radical (unpaired) electrons. The first kappa shape index (κ1) is 18.6. The van der Waals surface area contributed by atoms with Crippen LogP contribution < -0.4 is 10.6 Å². The van der Waals surface area contributed by atoms with Crippen LogP contribution in [0.3, 0.4) is 0 Å². The molecule has 3 aromatic rings. The fraction of sp³-hybridized carbons (Fsp3) is 0.200. The van der Waals surface area contributed by atoms with Crippen LogP contribution in [0, 0.1) is 5.82 Å². The van der Waals surface area contributed by atoms with E-state index < -0.39 is 17.9 Å². The number of amides is 2. The van der Waals surface area contributed by atoms with E-state index in [1.807, 2.05) is 35.9 Å². The van der Waals surface area contributed by atoms with E-state index in [4.69, 9.17) is 0 Å². The predicted molar refractivity (Wildman–Crippen MR) is 99.1 cm³/mol. The topological polar surface area (TPSA) is 83.4 Å². The third-order valence-corrected chi connectivity index (χ3v) is 4.32. The lowest BCUT2D eigenvalue weighted by molar-refractivity contribution is -0.139. The van der Waals surface area contributed by atoms with Crippen molar-refractivity contribution in [2.24, 2.45) is 7.05 Å². The molecule has 2 aromatic carbocycles. The van der Waals surface area contributed by atoms with Crippen LogP contribution in [-0.4, -0.2) is 28.0 Å². The Morgan fingerprint density at radius 2 is 1.74 bits per heavy atom. The Hall–Kier alpha value is -3.19. The standard InChI is InChI=1S/C20H20FN3O3/c1-24-12-16(15-4-2-3-5-17(15)24)18(25)11-23-20(27)19(26)22-10-13-6-8-14(21)9-7-13/h2-9,12,18,25H,10-11H2,1H3,(H,22,26)(H,23,27)/t18-/m0/s1.